The summed E-state index contributed by atoms with van der Waals surface area (Å²) < 4.78 is 5.82. The molecule has 0 unspecified atom stereocenters. The molecule has 27 heavy (non-hydrogen) atoms. The molecular weight excluding hydrogens is 444 g/mol. The highest BCUT2D eigenvalue weighted by Crippen LogP contribution is 2.31. The van der Waals surface area contributed by atoms with Crippen molar-refractivity contribution in [2.24, 2.45) is 0 Å². The Morgan fingerprint density at radius 1 is 1.11 bits per heavy atom. The van der Waals surface area contributed by atoms with E-state index in [2.05, 4.69) is 38.7 Å². The van der Waals surface area contributed by atoms with Gasteiger partial charge < -0.3 is 15.4 Å². The molecule has 3 aromatic rings. The maximum Gasteiger partial charge on any atom is 0.340 e. The van der Waals surface area contributed by atoms with Crippen LogP contribution in [0.1, 0.15) is 20.8 Å². The summed E-state index contributed by atoms with van der Waals surface area (Å²) in [6.45, 7) is 0. The van der Waals surface area contributed by atoms with Gasteiger partial charge in [0.25, 0.3) is 0 Å². The summed E-state index contributed by atoms with van der Waals surface area (Å²) in [7, 11) is 1.37. The van der Waals surface area contributed by atoms with Crippen LogP contribution in [0.4, 0.5) is 10.7 Å². The second kappa shape index (κ2) is 9.12. The zero-order valence-electron chi connectivity index (χ0n) is 14.5. The fraction of sp³-hybridized carbons (Fsp3) is 0.100. The van der Waals surface area contributed by atoms with Crippen LogP contribution >= 0.6 is 39.5 Å². The van der Waals surface area contributed by atoms with Crippen molar-refractivity contribution in [3.8, 4) is 0 Å². The number of para-hydroxylation sites is 1. The second-order valence-electron chi connectivity index (χ2n) is 5.67. The molecule has 0 bridgehead atoms. The molecule has 0 atom stereocenters. The molecule has 2 N–H and O–H groups in total. The molecule has 0 aliphatic carbocycles. The third kappa shape index (κ3) is 5.15. The first kappa shape index (κ1) is 19.5. The van der Waals surface area contributed by atoms with Gasteiger partial charge >= 0.3 is 5.97 Å². The number of anilines is 2. The van der Waals surface area contributed by atoms with Crippen molar-refractivity contribution in [1.82, 2.24) is 0 Å². The Balaban J connectivity index is 1.79. The number of thiophene rings is 1. The number of carbonyl (C=O) groups excluding carboxylic acids is 1. The average molecular weight is 461 g/mol. The van der Waals surface area contributed by atoms with E-state index in [0.717, 1.165) is 21.5 Å². The van der Waals surface area contributed by atoms with E-state index in [1.165, 1.54) is 24.0 Å². The van der Waals surface area contributed by atoms with Crippen molar-refractivity contribution >= 4 is 61.3 Å². The maximum atomic E-state index is 12.2. The van der Waals surface area contributed by atoms with Gasteiger partial charge in [0.05, 0.1) is 18.4 Å². The highest BCUT2D eigenvalue weighted by molar-refractivity contribution is 9.10. The van der Waals surface area contributed by atoms with Gasteiger partial charge in [-0.3, -0.25) is 0 Å². The fourth-order valence-corrected chi connectivity index (χ4v) is 4.24. The lowest BCUT2D eigenvalue weighted by Crippen LogP contribution is -2.20. The molecule has 0 radical (unpaired) electrons. The van der Waals surface area contributed by atoms with Crippen LogP contribution in [0.15, 0.2) is 65.1 Å². The standard InChI is InChI=1S/C20H17BrN2O2S2/c1-25-19(24)15-12-14(11-13-7-3-2-4-8-13)27-18(15)23-20(26)22-17-10-6-5-9-16(17)21/h2-10,12H,11H2,1H3,(H2,22,23,26). The number of hydrogen-bond donors (Lipinski definition) is 2. The zero-order chi connectivity index (χ0) is 19.2. The molecule has 0 saturated heterocycles. The summed E-state index contributed by atoms with van der Waals surface area (Å²) >= 11 is 10.4. The topological polar surface area (TPSA) is 50.4 Å². The van der Waals surface area contributed by atoms with E-state index in [-0.39, 0.29) is 0 Å². The van der Waals surface area contributed by atoms with Crippen LogP contribution in [0.2, 0.25) is 0 Å². The molecule has 2 aromatic carbocycles. The quantitative estimate of drug-likeness (QED) is 0.377. The van der Waals surface area contributed by atoms with E-state index >= 15 is 0 Å². The second-order valence-corrected chi connectivity index (χ2v) is 8.07. The lowest BCUT2D eigenvalue weighted by atomic mass is 10.1. The van der Waals surface area contributed by atoms with Crippen LogP contribution in [0.3, 0.4) is 0 Å². The van der Waals surface area contributed by atoms with Gasteiger partial charge in [-0.1, -0.05) is 42.5 Å². The summed E-state index contributed by atoms with van der Waals surface area (Å²) in [5.74, 6) is -0.392. The summed E-state index contributed by atoms with van der Waals surface area (Å²) in [5.41, 5.74) is 2.50. The van der Waals surface area contributed by atoms with Gasteiger partial charge in [0.1, 0.15) is 5.00 Å². The Labute approximate surface area is 175 Å². The first-order chi connectivity index (χ1) is 13.1. The van der Waals surface area contributed by atoms with Gasteiger partial charge in [-0.15, -0.1) is 11.3 Å². The summed E-state index contributed by atoms with van der Waals surface area (Å²) in [4.78, 5) is 13.2. The predicted octanol–water partition coefficient (Wildman–Crippen LogP) is 5.70. The van der Waals surface area contributed by atoms with E-state index in [1.807, 2.05) is 48.5 Å². The molecule has 0 spiro atoms. The number of hydrogen-bond acceptors (Lipinski definition) is 4. The SMILES string of the molecule is COC(=O)c1cc(Cc2ccccc2)sc1NC(=S)Nc1ccccc1Br. The minimum absolute atomic E-state index is 0.392. The highest BCUT2D eigenvalue weighted by atomic mass is 79.9. The Bertz CT molecular complexity index is 958. The number of halogens is 1. The van der Waals surface area contributed by atoms with Crippen LogP contribution in [0, 0.1) is 0 Å². The third-order valence-corrected chi connectivity index (χ3v) is 5.70. The number of methoxy groups -OCH3 is 1. The van der Waals surface area contributed by atoms with Crippen molar-refractivity contribution in [2.45, 2.75) is 6.42 Å². The highest BCUT2D eigenvalue weighted by Gasteiger charge is 2.18. The molecule has 3 rings (SSSR count). The van der Waals surface area contributed by atoms with Crippen molar-refractivity contribution in [3.63, 3.8) is 0 Å². The smallest absolute Gasteiger partial charge is 0.340 e. The molecule has 4 nitrogen and oxygen atoms in total. The van der Waals surface area contributed by atoms with Crippen LogP contribution in [-0.2, 0) is 11.2 Å². The molecule has 138 valence electrons. The third-order valence-electron chi connectivity index (χ3n) is 3.76. The first-order valence-corrected chi connectivity index (χ1v) is 10.2. The lowest BCUT2D eigenvalue weighted by molar-refractivity contribution is 0.0602. The lowest BCUT2D eigenvalue weighted by Gasteiger charge is -2.11. The predicted molar refractivity (Wildman–Crippen MR) is 119 cm³/mol. The molecular formula is C20H17BrN2O2S2. The molecule has 0 fully saturated rings. The van der Waals surface area contributed by atoms with Gasteiger partial charge in [0.2, 0.25) is 0 Å². The summed E-state index contributed by atoms with van der Waals surface area (Å²) in [5, 5.41) is 7.32. The molecule has 1 aromatic heterocycles. The number of rotatable bonds is 5. The van der Waals surface area contributed by atoms with Crippen LogP contribution in [0.25, 0.3) is 0 Å². The van der Waals surface area contributed by atoms with Gasteiger partial charge in [0.15, 0.2) is 5.11 Å². The van der Waals surface area contributed by atoms with E-state index in [4.69, 9.17) is 17.0 Å². The van der Waals surface area contributed by atoms with Crippen LogP contribution in [-0.4, -0.2) is 18.2 Å². The van der Waals surface area contributed by atoms with Crippen molar-refractivity contribution in [3.05, 3.63) is 81.1 Å². The summed E-state index contributed by atoms with van der Waals surface area (Å²) in [6, 6.07) is 19.6. The normalized spacial score (nSPS) is 10.3. The van der Waals surface area contributed by atoms with Crippen molar-refractivity contribution < 1.29 is 9.53 Å². The Kier molecular flexibility index (Phi) is 6.60. The number of thiocarbonyl (C=S) groups is 1. The number of nitrogens with one attached hydrogen (secondary N) is 2. The van der Waals surface area contributed by atoms with E-state index < -0.39 is 5.97 Å². The van der Waals surface area contributed by atoms with Crippen molar-refractivity contribution in [1.29, 1.82) is 0 Å². The minimum Gasteiger partial charge on any atom is -0.465 e. The molecule has 0 amide bonds. The monoisotopic (exact) mass is 460 g/mol. The van der Waals surface area contributed by atoms with Crippen LogP contribution < -0.4 is 10.6 Å². The van der Waals surface area contributed by atoms with E-state index in [9.17, 15) is 4.79 Å². The molecule has 1 heterocycles. The number of esters is 1. The molecule has 0 aliphatic rings. The largest absolute Gasteiger partial charge is 0.465 e. The van der Waals surface area contributed by atoms with Crippen molar-refractivity contribution in [2.75, 3.05) is 17.7 Å². The Morgan fingerprint density at radius 3 is 2.52 bits per heavy atom. The van der Waals surface area contributed by atoms with E-state index in [1.54, 1.807) is 0 Å². The zero-order valence-corrected chi connectivity index (χ0v) is 17.7. The Hall–Kier alpha value is -2.22. The molecule has 0 aliphatic heterocycles. The number of carbonyl (C=O) groups is 1. The number of benzene rings is 2. The van der Waals surface area contributed by atoms with Gasteiger partial charge in [-0.25, -0.2) is 4.79 Å². The molecule has 7 heteroatoms. The van der Waals surface area contributed by atoms with Crippen LogP contribution in [0.5, 0.6) is 0 Å². The van der Waals surface area contributed by atoms with E-state index in [0.29, 0.717) is 15.7 Å². The first-order valence-electron chi connectivity index (χ1n) is 8.14. The maximum absolute atomic E-state index is 12.2. The average Bonchev–Trinajstić information content (AvgIpc) is 3.05. The molecule has 0 saturated carbocycles. The minimum atomic E-state index is -0.392. The fourth-order valence-electron chi connectivity index (χ4n) is 2.50. The van der Waals surface area contributed by atoms with Gasteiger partial charge in [0, 0.05) is 15.8 Å². The number of ether oxygens (including phenoxy) is 1. The Morgan fingerprint density at radius 2 is 1.81 bits per heavy atom. The van der Waals surface area contributed by atoms with Gasteiger partial charge in [-0.05, 0) is 51.9 Å². The summed E-state index contributed by atoms with van der Waals surface area (Å²) in [6.07, 6.45) is 0.738. The van der Waals surface area contributed by atoms with Gasteiger partial charge in [-0.2, -0.15) is 0 Å².